The zero-order chi connectivity index (χ0) is 20.7. The van der Waals surface area contributed by atoms with E-state index in [4.69, 9.17) is 4.52 Å². The molecular weight excluding hydrogens is 392 g/mol. The first-order chi connectivity index (χ1) is 13.8. The predicted molar refractivity (Wildman–Crippen MR) is 93.2 cm³/mol. The van der Waals surface area contributed by atoms with Crippen molar-refractivity contribution in [3.05, 3.63) is 64.2 Å². The topological polar surface area (TPSA) is 73.0 Å². The SMILES string of the molecule is CC1CCc2onc(C(=O)Nc3ccn(Cc4c(F)c(F)cc(F)c4F)n3)c2C1. The van der Waals surface area contributed by atoms with Crippen LogP contribution in [0.15, 0.2) is 22.9 Å². The number of amides is 1. The molecule has 3 aromatic rings. The molecule has 0 fully saturated rings. The van der Waals surface area contributed by atoms with Crippen LogP contribution in [0.3, 0.4) is 0 Å². The first kappa shape index (κ1) is 19.2. The van der Waals surface area contributed by atoms with Crippen molar-refractivity contribution in [3.8, 4) is 0 Å². The van der Waals surface area contributed by atoms with Crippen molar-refractivity contribution in [1.82, 2.24) is 14.9 Å². The van der Waals surface area contributed by atoms with Crippen LogP contribution in [-0.2, 0) is 19.4 Å². The number of nitrogens with one attached hydrogen (secondary N) is 1. The molecule has 1 aliphatic carbocycles. The number of halogens is 4. The molecule has 152 valence electrons. The third-order valence-corrected chi connectivity index (χ3v) is 4.91. The molecule has 1 atom stereocenters. The van der Waals surface area contributed by atoms with E-state index in [9.17, 15) is 22.4 Å². The van der Waals surface area contributed by atoms with Crippen LogP contribution in [0.2, 0.25) is 0 Å². The van der Waals surface area contributed by atoms with Crippen molar-refractivity contribution in [3.63, 3.8) is 0 Å². The van der Waals surface area contributed by atoms with Gasteiger partial charge in [-0.1, -0.05) is 12.1 Å². The lowest BCUT2D eigenvalue weighted by Crippen LogP contribution is -2.18. The molecule has 0 radical (unpaired) electrons. The predicted octanol–water partition coefficient (Wildman–Crippen LogP) is 3.85. The third kappa shape index (κ3) is 3.62. The molecule has 0 spiro atoms. The molecule has 1 aromatic carbocycles. The molecule has 0 saturated heterocycles. The summed E-state index contributed by atoms with van der Waals surface area (Å²) in [5.41, 5.74) is 0.133. The fourth-order valence-electron chi connectivity index (χ4n) is 3.37. The maximum Gasteiger partial charge on any atom is 0.279 e. The lowest BCUT2D eigenvalue weighted by atomic mass is 9.88. The normalized spacial score (nSPS) is 16.0. The number of anilines is 1. The summed E-state index contributed by atoms with van der Waals surface area (Å²) in [4.78, 5) is 12.5. The molecule has 1 amide bonds. The molecule has 1 N–H and O–H groups in total. The quantitative estimate of drug-likeness (QED) is 0.526. The Labute approximate surface area is 162 Å². The Bertz CT molecular complexity index is 1070. The van der Waals surface area contributed by atoms with Gasteiger partial charge in [-0.2, -0.15) is 5.10 Å². The van der Waals surface area contributed by atoms with E-state index >= 15 is 0 Å². The number of hydrogen-bond donors (Lipinski definition) is 1. The second-order valence-corrected chi connectivity index (χ2v) is 7.08. The monoisotopic (exact) mass is 408 g/mol. The van der Waals surface area contributed by atoms with Crippen LogP contribution in [0.5, 0.6) is 0 Å². The van der Waals surface area contributed by atoms with Crippen LogP contribution in [0, 0.1) is 29.2 Å². The molecule has 0 bridgehead atoms. The first-order valence-corrected chi connectivity index (χ1v) is 8.97. The highest BCUT2D eigenvalue weighted by molar-refractivity contribution is 6.03. The van der Waals surface area contributed by atoms with Crippen molar-refractivity contribution < 1.29 is 26.9 Å². The van der Waals surface area contributed by atoms with Crippen LogP contribution in [0.4, 0.5) is 23.4 Å². The number of hydrogen-bond acceptors (Lipinski definition) is 4. The van der Waals surface area contributed by atoms with Crippen LogP contribution in [-0.4, -0.2) is 20.8 Å². The zero-order valence-electron chi connectivity index (χ0n) is 15.3. The smallest absolute Gasteiger partial charge is 0.279 e. The Morgan fingerprint density at radius 2 is 2.00 bits per heavy atom. The van der Waals surface area contributed by atoms with E-state index in [0.717, 1.165) is 16.7 Å². The fraction of sp³-hybridized carbons (Fsp3) is 0.316. The molecule has 29 heavy (non-hydrogen) atoms. The Morgan fingerprint density at radius 1 is 1.28 bits per heavy atom. The molecule has 2 heterocycles. The van der Waals surface area contributed by atoms with Crippen molar-refractivity contribution in [2.45, 2.75) is 32.7 Å². The highest BCUT2D eigenvalue weighted by Crippen LogP contribution is 2.28. The number of carbonyl (C=O) groups excluding carboxylic acids is 1. The van der Waals surface area contributed by atoms with E-state index in [0.29, 0.717) is 24.5 Å². The van der Waals surface area contributed by atoms with E-state index in [2.05, 4.69) is 22.5 Å². The average Bonchev–Trinajstić information content (AvgIpc) is 3.30. The minimum absolute atomic E-state index is 0.0910. The zero-order valence-corrected chi connectivity index (χ0v) is 15.3. The summed E-state index contributed by atoms with van der Waals surface area (Å²) in [6, 6.07) is 1.53. The second-order valence-electron chi connectivity index (χ2n) is 7.08. The molecule has 1 unspecified atom stereocenters. The summed E-state index contributed by atoms with van der Waals surface area (Å²) in [7, 11) is 0. The number of aryl methyl sites for hydroxylation is 1. The average molecular weight is 408 g/mol. The van der Waals surface area contributed by atoms with E-state index < -0.39 is 41.3 Å². The summed E-state index contributed by atoms with van der Waals surface area (Å²) in [6.07, 6.45) is 3.67. The maximum atomic E-state index is 13.8. The van der Waals surface area contributed by atoms with E-state index in [1.54, 1.807) is 0 Å². The van der Waals surface area contributed by atoms with Gasteiger partial charge in [0.2, 0.25) is 0 Å². The second kappa shape index (κ2) is 7.34. The Hall–Kier alpha value is -3.17. The number of benzene rings is 1. The van der Waals surface area contributed by atoms with Crippen LogP contribution in [0.25, 0.3) is 0 Å². The minimum Gasteiger partial charge on any atom is -0.360 e. The van der Waals surface area contributed by atoms with Gasteiger partial charge in [-0.25, -0.2) is 17.6 Å². The molecule has 0 saturated carbocycles. The summed E-state index contributed by atoms with van der Waals surface area (Å²) >= 11 is 0. The van der Waals surface area contributed by atoms with Gasteiger partial charge in [0.1, 0.15) is 5.76 Å². The highest BCUT2D eigenvalue weighted by atomic mass is 19.2. The van der Waals surface area contributed by atoms with Gasteiger partial charge in [-0.05, 0) is 18.8 Å². The Balaban J connectivity index is 1.51. The summed E-state index contributed by atoms with van der Waals surface area (Å²) in [6.45, 7) is 1.52. The summed E-state index contributed by atoms with van der Waals surface area (Å²) in [5, 5.41) is 10.4. The van der Waals surface area contributed by atoms with Crippen molar-refractivity contribution in [2.24, 2.45) is 5.92 Å². The van der Waals surface area contributed by atoms with Gasteiger partial charge in [0.15, 0.2) is 34.8 Å². The lowest BCUT2D eigenvalue weighted by Gasteiger charge is -2.16. The van der Waals surface area contributed by atoms with Gasteiger partial charge in [0, 0.05) is 30.3 Å². The number of rotatable bonds is 4. The van der Waals surface area contributed by atoms with Crippen molar-refractivity contribution in [1.29, 1.82) is 0 Å². The number of carbonyl (C=O) groups is 1. The van der Waals surface area contributed by atoms with Gasteiger partial charge in [-0.3, -0.25) is 9.48 Å². The summed E-state index contributed by atoms with van der Waals surface area (Å²) < 4.78 is 60.6. The van der Waals surface area contributed by atoms with Crippen LogP contribution >= 0.6 is 0 Å². The number of nitrogens with zero attached hydrogens (tertiary/aromatic N) is 3. The lowest BCUT2D eigenvalue weighted by molar-refractivity contribution is 0.101. The van der Waals surface area contributed by atoms with Crippen molar-refractivity contribution in [2.75, 3.05) is 5.32 Å². The standard InChI is InChI=1S/C19H16F4N4O2/c1-9-2-3-14-10(6-9)18(26-29-14)19(28)24-15-4-5-27(25-15)8-11-16(22)12(20)7-13(21)17(11)23/h4-5,7,9H,2-3,6,8H2,1H3,(H,24,25,28). The van der Waals surface area contributed by atoms with Crippen LogP contribution < -0.4 is 5.32 Å². The highest BCUT2D eigenvalue weighted by Gasteiger charge is 2.27. The molecule has 1 aliphatic rings. The molecule has 4 rings (SSSR count). The Kier molecular flexibility index (Phi) is 4.85. The Morgan fingerprint density at radius 3 is 2.72 bits per heavy atom. The number of aromatic nitrogens is 3. The molecular formula is C19H16F4N4O2. The van der Waals surface area contributed by atoms with Gasteiger partial charge < -0.3 is 9.84 Å². The minimum atomic E-state index is -1.50. The van der Waals surface area contributed by atoms with Gasteiger partial charge in [0.25, 0.3) is 5.91 Å². The fourth-order valence-corrected chi connectivity index (χ4v) is 3.37. The van der Waals surface area contributed by atoms with E-state index in [1.807, 2.05) is 0 Å². The van der Waals surface area contributed by atoms with Crippen LogP contribution in [0.1, 0.15) is 40.7 Å². The van der Waals surface area contributed by atoms with E-state index in [-0.39, 0.29) is 17.6 Å². The molecule has 10 heteroatoms. The largest absolute Gasteiger partial charge is 0.360 e. The molecule has 0 aliphatic heterocycles. The van der Waals surface area contributed by atoms with Gasteiger partial charge in [0.05, 0.1) is 12.1 Å². The maximum absolute atomic E-state index is 13.8. The molecule has 6 nitrogen and oxygen atoms in total. The van der Waals surface area contributed by atoms with Gasteiger partial charge in [-0.15, -0.1) is 0 Å². The van der Waals surface area contributed by atoms with E-state index in [1.165, 1.54) is 12.3 Å². The van der Waals surface area contributed by atoms with Crippen molar-refractivity contribution >= 4 is 11.7 Å². The molecule has 2 aromatic heterocycles. The van der Waals surface area contributed by atoms with Gasteiger partial charge >= 0.3 is 0 Å². The number of fused-ring (bicyclic) bond motifs is 1. The summed E-state index contributed by atoms with van der Waals surface area (Å²) in [5.74, 6) is -5.31. The first-order valence-electron chi connectivity index (χ1n) is 8.97. The third-order valence-electron chi connectivity index (χ3n) is 4.91.